The number of rotatable bonds is 5. The Hall–Kier alpha value is -1.21. The molecule has 0 bridgehead atoms. The summed E-state index contributed by atoms with van der Waals surface area (Å²) in [5, 5.41) is 10.2. The lowest BCUT2D eigenvalue weighted by Gasteiger charge is -2.05. The Labute approximate surface area is 129 Å². The first-order chi connectivity index (χ1) is 9.69. The molecule has 0 saturated heterocycles. The summed E-state index contributed by atoms with van der Waals surface area (Å²) in [6.45, 7) is 2.80. The fourth-order valence-electron chi connectivity index (χ4n) is 2.13. The number of ether oxygens (including phenoxy) is 1. The molecule has 2 aromatic rings. The van der Waals surface area contributed by atoms with Gasteiger partial charge in [0.15, 0.2) is 5.69 Å². The summed E-state index contributed by atoms with van der Waals surface area (Å²) in [5.41, 5.74) is 1.30. The van der Waals surface area contributed by atoms with E-state index in [9.17, 15) is 4.79 Å². The van der Waals surface area contributed by atoms with Crippen molar-refractivity contribution in [3.8, 4) is 0 Å². The van der Waals surface area contributed by atoms with Gasteiger partial charge in [0, 0.05) is 20.6 Å². The van der Waals surface area contributed by atoms with Crippen molar-refractivity contribution in [3.05, 3.63) is 32.2 Å². The molecule has 106 valence electrons. The van der Waals surface area contributed by atoms with Gasteiger partial charge in [-0.05, 0) is 41.8 Å². The van der Waals surface area contributed by atoms with E-state index in [1.807, 2.05) is 10.1 Å². The molecular formula is C13H14BrN3O2S. The minimum Gasteiger partial charge on any atom is -0.461 e. The van der Waals surface area contributed by atoms with Gasteiger partial charge in [-0.2, -0.15) is 0 Å². The van der Waals surface area contributed by atoms with Crippen molar-refractivity contribution in [2.75, 3.05) is 6.61 Å². The zero-order chi connectivity index (χ0) is 14.1. The maximum Gasteiger partial charge on any atom is 0.360 e. The van der Waals surface area contributed by atoms with E-state index in [1.54, 1.807) is 18.3 Å². The third-order valence-electron chi connectivity index (χ3n) is 3.13. The number of halogens is 1. The van der Waals surface area contributed by atoms with Crippen LogP contribution in [0.3, 0.4) is 0 Å². The van der Waals surface area contributed by atoms with E-state index in [2.05, 4.69) is 32.3 Å². The molecule has 0 atom stereocenters. The van der Waals surface area contributed by atoms with Gasteiger partial charge in [-0.3, -0.25) is 0 Å². The van der Waals surface area contributed by atoms with Gasteiger partial charge < -0.3 is 4.74 Å². The van der Waals surface area contributed by atoms with Gasteiger partial charge in [-0.25, -0.2) is 9.48 Å². The number of thiophene rings is 1. The summed E-state index contributed by atoms with van der Waals surface area (Å²) < 4.78 is 7.96. The molecule has 1 fully saturated rings. The van der Waals surface area contributed by atoms with Crippen LogP contribution in [0.4, 0.5) is 0 Å². The predicted octanol–water partition coefficient (Wildman–Crippen LogP) is 3.20. The molecule has 2 heterocycles. The lowest BCUT2D eigenvalue weighted by Crippen LogP contribution is -2.10. The molecule has 1 aliphatic carbocycles. The average Bonchev–Trinajstić information content (AvgIpc) is 3.05. The van der Waals surface area contributed by atoms with E-state index < -0.39 is 0 Å². The molecule has 0 N–H and O–H groups in total. The molecule has 5 nitrogen and oxygen atoms in total. The van der Waals surface area contributed by atoms with Crippen LogP contribution >= 0.6 is 27.3 Å². The summed E-state index contributed by atoms with van der Waals surface area (Å²) >= 11 is 5.11. The van der Waals surface area contributed by atoms with Crippen LogP contribution in [0.1, 0.15) is 46.7 Å². The summed E-state index contributed by atoms with van der Waals surface area (Å²) in [4.78, 5) is 13.1. The summed E-state index contributed by atoms with van der Waals surface area (Å²) in [5.74, 6) is 0.0285. The molecule has 20 heavy (non-hydrogen) atoms. The van der Waals surface area contributed by atoms with E-state index >= 15 is 0 Å². The molecule has 7 heteroatoms. The average molecular weight is 356 g/mol. The molecule has 3 rings (SSSR count). The van der Waals surface area contributed by atoms with Gasteiger partial charge in [0.05, 0.1) is 18.8 Å². The van der Waals surface area contributed by atoms with Crippen molar-refractivity contribution in [1.29, 1.82) is 0 Å². The van der Waals surface area contributed by atoms with Gasteiger partial charge in [-0.1, -0.05) is 5.21 Å². The normalized spacial score (nSPS) is 14.5. The van der Waals surface area contributed by atoms with Crippen LogP contribution in [0.25, 0.3) is 0 Å². The Morgan fingerprint density at radius 2 is 2.40 bits per heavy atom. The van der Waals surface area contributed by atoms with Crippen LogP contribution in [-0.2, 0) is 11.3 Å². The maximum atomic E-state index is 11.9. The van der Waals surface area contributed by atoms with E-state index in [1.165, 1.54) is 4.88 Å². The second-order valence-electron chi connectivity index (χ2n) is 4.71. The van der Waals surface area contributed by atoms with Gasteiger partial charge in [0.25, 0.3) is 0 Å². The zero-order valence-electron chi connectivity index (χ0n) is 11.0. The smallest absolute Gasteiger partial charge is 0.360 e. The minimum absolute atomic E-state index is 0.355. The standard InChI is InChI=1S/C13H14BrN3O2S/c1-2-19-13(18)11-12(8-3-4-8)17(16-15-11)6-10-5-9(14)7-20-10/h5,7-8H,2-4,6H2,1H3. The second kappa shape index (κ2) is 5.65. The van der Waals surface area contributed by atoms with E-state index in [4.69, 9.17) is 4.74 Å². The van der Waals surface area contributed by atoms with Crippen molar-refractivity contribution in [2.45, 2.75) is 32.2 Å². The van der Waals surface area contributed by atoms with Gasteiger partial charge >= 0.3 is 5.97 Å². The Kier molecular flexibility index (Phi) is 3.89. The van der Waals surface area contributed by atoms with E-state index in [0.717, 1.165) is 23.0 Å². The van der Waals surface area contributed by atoms with Crippen LogP contribution in [-0.4, -0.2) is 27.6 Å². The Morgan fingerprint density at radius 1 is 1.60 bits per heavy atom. The van der Waals surface area contributed by atoms with Crippen molar-refractivity contribution < 1.29 is 9.53 Å². The lowest BCUT2D eigenvalue weighted by molar-refractivity contribution is 0.0518. The van der Waals surface area contributed by atoms with Crippen LogP contribution in [0.15, 0.2) is 15.9 Å². The summed E-state index contributed by atoms with van der Waals surface area (Å²) in [6, 6.07) is 2.06. The Balaban J connectivity index is 1.89. The topological polar surface area (TPSA) is 57.0 Å². The van der Waals surface area contributed by atoms with Crippen LogP contribution in [0.5, 0.6) is 0 Å². The summed E-state index contributed by atoms with van der Waals surface area (Å²) in [6.07, 6.45) is 2.18. The SMILES string of the molecule is CCOC(=O)c1nnn(Cc2cc(Br)cs2)c1C1CC1. The molecule has 1 saturated carbocycles. The largest absolute Gasteiger partial charge is 0.461 e. The minimum atomic E-state index is -0.368. The van der Waals surface area contributed by atoms with E-state index in [0.29, 0.717) is 24.8 Å². The monoisotopic (exact) mass is 355 g/mol. The number of hydrogen-bond donors (Lipinski definition) is 0. The molecule has 0 unspecified atom stereocenters. The van der Waals surface area contributed by atoms with Crippen LogP contribution in [0.2, 0.25) is 0 Å². The first kappa shape index (κ1) is 13.8. The quantitative estimate of drug-likeness (QED) is 0.772. The number of carbonyl (C=O) groups excluding carboxylic acids is 1. The molecular weight excluding hydrogens is 342 g/mol. The predicted molar refractivity (Wildman–Crippen MR) is 79.1 cm³/mol. The van der Waals surface area contributed by atoms with Gasteiger partial charge in [0.1, 0.15) is 0 Å². The lowest BCUT2D eigenvalue weighted by atomic mass is 10.2. The highest BCUT2D eigenvalue weighted by atomic mass is 79.9. The molecule has 0 amide bonds. The number of hydrogen-bond acceptors (Lipinski definition) is 5. The molecule has 0 aliphatic heterocycles. The van der Waals surface area contributed by atoms with Gasteiger partial charge in [0.2, 0.25) is 0 Å². The first-order valence-corrected chi connectivity index (χ1v) is 8.19. The molecule has 0 aromatic carbocycles. The maximum absolute atomic E-state index is 11.9. The highest BCUT2D eigenvalue weighted by Crippen LogP contribution is 2.41. The van der Waals surface area contributed by atoms with E-state index in [-0.39, 0.29) is 5.97 Å². The highest BCUT2D eigenvalue weighted by Gasteiger charge is 2.34. The molecule has 1 aliphatic rings. The second-order valence-corrected chi connectivity index (χ2v) is 6.62. The van der Waals surface area contributed by atoms with Crippen LogP contribution in [0, 0.1) is 0 Å². The molecule has 2 aromatic heterocycles. The third-order valence-corrected chi connectivity index (χ3v) is 4.82. The van der Waals surface area contributed by atoms with Gasteiger partial charge in [-0.15, -0.1) is 16.4 Å². The molecule has 0 radical (unpaired) electrons. The van der Waals surface area contributed by atoms with Crippen molar-refractivity contribution >= 4 is 33.2 Å². The summed E-state index contributed by atoms with van der Waals surface area (Å²) in [7, 11) is 0. The van der Waals surface area contributed by atoms with Crippen molar-refractivity contribution in [2.24, 2.45) is 0 Å². The first-order valence-electron chi connectivity index (χ1n) is 6.52. The third kappa shape index (κ3) is 2.78. The number of carbonyl (C=O) groups is 1. The Bertz CT molecular complexity index is 633. The number of nitrogens with zero attached hydrogens (tertiary/aromatic N) is 3. The molecule has 0 spiro atoms. The van der Waals surface area contributed by atoms with Crippen LogP contribution < -0.4 is 0 Å². The zero-order valence-corrected chi connectivity index (χ0v) is 13.4. The highest BCUT2D eigenvalue weighted by molar-refractivity contribution is 9.10. The fourth-order valence-corrected chi connectivity index (χ4v) is 3.56. The number of aromatic nitrogens is 3. The fraction of sp³-hybridized carbons (Fsp3) is 0.462. The van der Waals surface area contributed by atoms with Crippen molar-refractivity contribution in [3.63, 3.8) is 0 Å². The van der Waals surface area contributed by atoms with Crippen molar-refractivity contribution in [1.82, 2.24) is 15.0 Å². The number of esters is 1. The Morgan fingerprint density at radius 3 is 3.00 bits per heavy atom.